The molecule has 0 atom stereocenters. The summed E-state index contributed by atoms with van der Waals surface area (Å²) in [5, 5.41) is 12.9. The number of carbonyl (C=O) groups excluding carboxylic acids is 3. The fourth-order valence-corrected chi connectivity index (χ4v) is 3.03. The van der Waals surface area contributed by atoms with Crippen molar-refractivity contribution in [1.29, 1.82) is 0 Å². The van der Waals surface area contributed by atoms with Crippen LogP contribution in [0, 0.1) is 5.82 Å². The van der Waals surface area contributed by atoms with Gasteiger partial charge in [0.2, 0.25) is 11.3 Å². The molecule has 2 aromatic rings. The topological polar surface area (TPSA) is 112 Å². The molecule has 1 aromatic carbocycles. The molecule has 0 unspecified atom stereocenters. The van der Waals surface area contributed by atoms with Crippen LogP contribution in [0.5, 0.6) is 5.75 Å². The van der Waals surface area contributed by atoms with Crippen LogP contribution in [-0.2, 0) is 17.9 Å². The number of benzene rings is 1. The molecule has 10 heteroatoms. The Kier molecular flexibility index (Phi) is 5.86. The largest absolute Gasteiger partial charge is 0.503 e. The van der Waals surface area contributed by atoms with Crippen LogP contribution in [0.3, 0.4) is 0 Å². The third-order valence-electron chi connectivity index (χ3n) is 4.79. The number of fused-ring (bicyclic) bond motifs is 1. The minimum Gasteiger partial charge on any atom is -0.503 e. The summed E-state index contributed by atoms with van der Waals surface area (Å²) in [5.74, 6) is -2.93. The van der Waals surface area contributed by atoms with Gasteiger partial charge in [0, 0.05) is 39.9 Å². The van der Waals surface area contributed by atoms with Gasteiger partial charge in [-0.1, -0.05) is 12.1 Å². The molecule has 9 nitrogen and oxygen atoms in total. The Labute approximate surface area is 171 Å². The zero-order chi connectivity index (χ0) is 22.0. The number of aromatic nitrogens is 1. The summed E-state index contributed by atoms with van der Waals surface area (Å²) in [4.78, 5) is 52.1. The van der Waals surface area contributed by atoms with Gasteiger partial charge in [-0.3, -0.25) is 19.2 Å². The van der Waals surface area contributed by atoms with E-state index in [2.05, 4.69) is 5.32 Å². The second-order valence-corrected chi connectivity index (χ2v) is 7.09. The molecule has 1 aliphatic heterocycles. The second-order valence-electron chi connectivity index (χ2n) is 7.09. The molecule has 2 N–H and O–H groups in total. The van der Waals surface area contributed by atoms with Gasteiger partial charge in [0.1, 0.15) is 17.9 Å². The van der Waals surface area contributed by atoms with Crippen molar-refractivity contribution in [3.63, 3.8) is 0 Å². The number of nitrogens with one attached hydrogen (secondary N) is 1. The number of nitrogens with zero attached hydrogens (tertiary/aromatic N) is 3. The fraction of sp³-hybridized carbons (Fsp3) is 0.300. The van der Waals surface area contributed by atoms with Gasteiger partial charge in [-0.2, -0.15) is 0 Å². The van der Waals surface area contributed by atoms with E-state index < -0.39 is 28.8 Å². The first kappa shape index (κ1) is 21.0. The van der Waals surface area contributed by atoms with Crippen LogP contribution in [0.15, 0.2) is 35.3 Å². The SMILES string of the molecule is CN(C)C(=O)CN1CCn2cc(C(=O)NCc3ccc(F)cc3)c(=O)c(O)c2C1=O. The van der Waals surface area contributed by atoms with Crippen molar-refractivity contribution in [3.05, 3.63) is 63.3 Å². The van der Waals surface area contributed by atoms with Crippen LogP contribution in [0.25, 0.3) is 0 Å². The van der Waals surface area contributed by atoms with Crippen LogP contribution < -0.4 is 10.7 Å². The van der Waals surface area contributed by atoms with Crippen LogP contribution in [-0.4, -0.2) is 64.4 Å². The molecule has 1 aliphatic rings. The smallest absolute Gasteiger partial charge is 0.275 e. The summed E-state index contributed by atoms with van der Waals surface area (Å²) in [6.07, 6.45) is 1.22. The highest BCUT2D eigenvalue weighted by Crippen LogP contribution is 2.20. The molecule has 0 spiro atoms. The first-order valence-electron chi connectivity index (χ1n) is 9.17. The van der Waals surface area contributed by atoms with Gasteiger partial charge < -0.3 is 24.8 Å². The first-order valence-corrected chi connectivity index (χ1v) is 9.17. The van der Waals surface area contributed by atoms with E-state index in [1.54, 1.807) is 14.1 Å². The first-order chi connectivity index (χ1) is 14.2. The molecule has 0 bridgehead atoms. The summed E-state index contributed by atoms with van der Waals surface area (Å²) >= 11 is 0. The molecule has 1 aromatic heterocycles. The third-order valence-corrected chi connectivity index (χ3v) is 4.79. The third kappa shape index (κ3) is 4.17. The highest BCUT2D eigenvalue weighted by atomic mass is 19.1. The van der Waals surface area contributed by atoms with Gasteiger partial charge in [0.25, 0.3) is 11.8 Å². The molecular formula is C20H21FN4O5. The Morgan fingerprint density at radius 2 is 1.83 bits per heavy atom. The highest BCUT2D eigenvalue weighted by molar-refractivity contribution is 6.00. The predicted molar refractivity (Wildman–Crippen MR) is 105 cm³/mol. The Balaban J connectivity index is 1.81. The maximum absolute atomic E-state index is 13.0. The Morgan fingerprint density at radius 1 is 1.17 bits per heavy atom. The zero-order valence-corrected chi connectivity index (χ0v) is 16.5. The number of pyridine rings is 1. The van der Waals surface area contributed by atoms with E-state index in [-0.39, 0.29) is 43.3 Å². The fourth-order valence-electron chi connectivity index (χ4n) is 3.03. The quantitative estimate of drug-likeness (QED) is 0.722. The van der Waals surface area contributed by atoms with Crippen molar-refractivity contribution in [3.8, 4) is 5.75 Å². The summed E-state index contributed by atoms with van der Waals surface area (Å²) in [6, 6.07) is 5.49. The van der Waals surface area contributed by atoms with Gasteiger partial charge in [-0.05, 0) is 17.7 Å². The van der Waals surface area contributed by atoms with E-state index in [0.29, 0.717) is 5.56 Å². The standard InChI is InChI=1S/C20H21FN4O5/c1-23(2)15(26)11-25-8-7-24-10-14(17(27)18(28)16(24)20(25)30)19(29)22-9-12-3-5-13(21)6-4-12/h3-6,10,28H,7-9,11H2,1-2H3,(H,22,29). The number of hydrogen-bond acceptors (Lipinski definition) is 5. The Hall–Kier alpha value is -3.69. The minimum atomic E-state index is -0.980. The number of halogens is 1. The molecule has 3 rings (SSSR count). The molecule has 0 saturated carbocycles. The summed E-state index contributed by atoms with van der Waals surface area (Å²) in [5.41, 5.74) is -0.924. The van der Waals surface area contributed by atoms with Crippen LogP contribution in [0.4, 0.5) is 4.39 Å². The molecule has 0 aliphatic carbocycles. The predicted octanol–water partition coefficient (Wildman–Crippen LogP) is 0.167. The Bertz CT molecular complexity index is 1060. The lowest BCUT2D eigenvalue weighted by atomic mass is 10.1. The van der Waals surface area contributed by atoms with Crippen molar-refractivity contribution < 1.29 is 23.9 Å². The molecule has 3 amide bonds. The molecule has 158 valence electrons. The van der Waals surface area contributed by atoms with Crippen LogP contribution in [0.1, 0.15) is 26.4 Å². The lowest BCUT2D eigenvalue weighted by Crippen LogP contribution is -2.46. The van der Waals surface area contributed by atoms with E-state index in [0.717, 1.165) is 0 Å². The summed E-state index contributed by atoms with van der Waals surface area (Å²) < 4.78 is 14.3. The number of aromatic hydroxyl groups is 1. The number of carbonyl (C=O) groups is 3. The highest BCUT2D eigenvalue weighted by Gasteiger charge is 2.31. The van der Waals surface area contributed by atoms with Gasteiger partial charge >= 0.3 is 0 Å². The van der Waals surface area contributed by atoms with Crippen molar-refractivity contribution in [2.24, 2.45) is 0 Å². The molecular weight excluding hydrogens is 395 g/mol. The average molecular weight is 416 g/mol. The number of hydrogen-bond donors (Lipinski definition) is 2. The number of amides is 3. The molecule has 2 heterocycles. The van der Waals surface area contributed by atoms with E-state index in [1.807, 2.05) is 0 Å². The zero-order valence-electron chi connectivity index (χ0n) is 16.5. The van der Waals surface area contributed by atoms with Gasteiger partial charge in [-0.15, -0.1) is 0 Å². The number of likely N-dealkylation sites (N-methyl/N-ethyl adjacent to an activating group) is 1. The lowest BCUT2D eigenvalue weighted by Gasteiger charge is -2.30. The van der Waals surface area contributed by atoms with Crippen molar-refractivity contribution in [2.75, 3.05) is 27.2 Å². The molecule has 0 fully saturated rings. The van der Waals surface area contributed by atoms with Crippen molar-refractivity contribution >= 4 is 17.7 Å². The summed E-state index contributed by atoms with van der Waals surface area (Å²) in [6.45, 7) is 0.262. The normalized spacial score (nSPS) is 13.0. The van der Waals surface area contributed by atoms with Crippen LogP contribution >= 0.6 is 0 Å². The number of rotatable bonds is 5. The molecule has 30 heavy (non-hydrogen) atoms. The molecule has 0 radical (unpaired) electrons. The van der Waals surface area contributed by atoms with Gasteiger partial charge in [0.15, 0.2) is 11.4 Å². The van der Waals surface area contributed by atoms with E-state index in [9.17, 15) is 28.7 Å². The van der Waals surface area contributed by atoms with E-state index in [1.165, 1.54) is 44.8 Å². The monoisotopic (exact) mass is 416 g/mol. The summed E-state index contributed by atoms with van der Waals surface area (Å²) in [7, 11) is 3.12. The molecule has 0 saturated heterocycles. The second kappa shape index (κ2) is 8.36. The average Bonchev–Trinajstić information content (AvgIpc) is 2.71. The minimum absolute atomic E-state index is 0.0560. The van der Waals surface area contributed by atoms with E-state index >= 15 is 0 Å². The van der Waals surface area contributed by atoms with Crippen LogP contribution in [0.2, 0.25) is 0 Å². The lowest BCUT2D eigenvalue weighted by molar-refractivity contribution is -0.129. The van der Waals surface area contributed by atoms with Gasteiger partial charge in [-0.25, -0.2) is 4.39 Å². The Morgan fingerprint density at radius 3 is 2.47 bits per heavy atom. The van der Waals surface area contributed by atoms with E-state index in [4.69, 9.17) is 0 Å². The van der Waals surface area contributed by atoms with Gasteiger partial charge in [0.05, 0.1) is 0 Å². The maximum Gasteiger partial charge on any atom is 0.275 e. The maximum atomic E-state index is 13.0. The van der Waals surface area contributed by atoms with Crippen molar-refractivity contribution in [1.82, 2.24) is 19.7 Å². The van der Waals surface area contributed by atoms with Crippen molar-refractivity contribution in [2.45, 2.75) is 13.1 Å².